The van der Waals surface area contributed by atoms with Gasteiger partial charge in [-0.15, -0.1) is 0 Å². The summed E-state index contributed by atoms with van der Waals surface area (Å²) in [5.74, 6) is 0. The molecule has 1 aliphatic rings. The number of fused-ring (bicyclic) bond motifs is 1. The second-order valence-electron chi connectivity index (χ2n) is 9.14. The van der Waals surface area contributed by atoms with Gasteiger partial charge in [-0.2, -0.15) is 0 Å². The lowest BCUT2D eigenvalue weighted by Gasteiger charge is -2.34. The van der Waals surface area contributed by atoms with Gasteiger partial charge in [-0.25, -0.2) is 18.4 Å². The fourth-order valence-electron chi connectivity index (χ4n) is 4.27. The summed E-state index contributed by atoms with van der Waals surface area (Å²) in [7, 11) is -3.44. The molecule has 3 aromatic rings. The summed E-state index contributed by atoms with van der Waals surface area (Å²) in [6.45, 7) is 5.37. The van der Waals surface area contributed by atoms with E-state index in [1.165, 1.54) is 10.6 Å². The number of anilines is 1. The minimum absolute atomic E-state index is 0.0723. The average molecular weight is 456 g/mol. The summed E-state index contributed by atoms with van der Waals surface area (Å²) in [6, 6.07) is 7.37. The first-order valence-corrected chi connectivity index (χ1v) is 12.6. The standard InChI is InChI=1S/C23H29N5O3S/c1-23(2,15-29)12-17-13-25-22-21(17)27-20(14-26-22)16-5-4-6-19(11-16)28(32(3,30)31)18-7-9-24-10-8-18/h4-6,11,13-15,18,24H,7-10,12H2,1-3H3,(H,25,26). The number of hydrogen-bond acceptors (Lipinski definition) is 6. The largest absolute Gasteiger partial charge is 0.345 e. The molecular formula is C23H29N5O3S. The molecule has 0 bridgehead atoms. The van der Waals surface area contributed by atoms with E-state index in [1.54, 1.807) is 6.20 Å². The van der Waals surface area contributed by atoms with Crippen LogP contribution in [0.4, 0.5) is 5.69 Å². The topological polar surface area (TPSA) is 108 Å². The molecule has 3 heterocycles. The molecule has 0 unspecified atom stereocenters. The molecule has 170 valence electrons. The molecule has 4 rings (SSSR count). The molecule has 0 radical (unpaired) electrons. The van der Waals surface area contributed by atoms with Gasteiger partial charge in [0.25, 0.3) is 0 Å². The zero-order chi connectivity index (χ0) is 22.9. The number of carbonyl (C=O) groups is 1. The molecule has 1 saturated heterocycles. The zero-order valence-corrected chi connectivity index (χ0v) is 19.4. The molecule has 32 heavy (non-hydrogen) atoms. The van der Waals surface area contributed by atoms with Gasteiger partial charge in [0.2, 0.25) is 10.0 Å². The minimum Gasteiger partial charge on any atom is -0.345 e. The first-order chi connectivity index (χ1) is 15.2. The highest BCUT2D eigenvalue weighted by atomic mass is 32.2. The first kappa shape index (κ1) is 22.4. The van der Waals surface area contributed by atoms with Gasteiger partial charge in [-0.1, -0.05) is 26.0 Å². The summed E-state index contributed by atoms with van der Waals surface area (Å²) in [4.78, 5) is 23.8. The predicted octanol–water partition coefficient (Wildman–Crippen LogP) is 2.91. The summed E-state index contributed by atoms with van der Waals surface area (Å²) in [6.07, 6.45) is 7.82. The van der Waals surface area contributed by atoms with E-state index in [-0.39, 0.29) is 6.04 Å². The van der Waals surface area contributed by atoms with Crippen molar-refractivity contribution < 1.29 is 13.2 Å². The third kappa shape index (κ3) is 4.68. The van der Waals surface area contributed by atoms with Gasteiger partial charge < -0.3 is 15.1 Å². The predicted molar refractivity (Wildman–Crippen MR) is 126 cm³/mol. The normalized spacial score (nSPS) is 15.7. The summed E-state index contributed by atoms with van der Waals surface area (Å²) >= 11 is 0. The molecule has 1 aliphatic heterocycles. The van der Waals surface area contributed by atoms with Gasteiger partial charge in [0.1, 0.15) is 11.8 Å². The maximum absolute atomic E-state index is 12.7. The third-order valence-corrected chi connectivity index (χ3v) is 7.04. The highest BCUT2D eigenvalue weighted by Crippen LogP contribution is 2.30. The van der Waals surface area contributed by atoms with Gasteiger partial charge in [0.15, 0.2) is 5.65 Å². The number of aromatic amines is 1. The number of carbonyl (C=O) groups excluding carboxylic acids is 1. The van der Waals surface area contributed by atoms with E-state index in [0.29, 0.717) is 23.4 Å². The van der Waals surface area contributed by atoms with Gasteiger partial charge in [-0.3, -0.25) is 4.31 Å². The van der Waals surface area contributed by atoms with Crippen molar-refractivity contribution in [1.82, 2.24) is 20.3 Å². The Kier molecular flexibility index (Phi) is 6.05. The van der Waals surface area contributed by atoms with Gasteiger partial charge in [0.05, 0.1) is 23.8 Å². The Bertz CT molecular complexity index is 1230. The van der Waals surface area contributed by atoms with Crippen molar-refractivity contribution in [2.24, 2.45) is 5.41 Å². The Morgan fingerprint density at radius 2 is 2.00 bits per heavy atom. The molecule has 0 atom stereocenters. The lowest BCUT2D eigenvalue weighted by molar-refractivity contribution is -0.114. The molecule has 2 aromatic heterocycles. The van der Waals surface area contributed by atoms with E-state index in [9.17, 15) is 13.2 Å². The van der Waals surface area contributed by atoms with Gasteiger partial charge in [0, 0.05) is 23.2 Å². The number of nitrogens with one attached hydrogen (secondary N) is 2. The van der Waals surface area contributed by atoms with E-state index in [1.807, 2.05) is 44.3 Å². The van der Waals surface area contributed by atoms with Crippen LogP contribution in [0.5, 0.6) is 0 Å². The number of aldehydes is 1. The van der Waals surface area contributed by atoms with E-state index in [4.69, 9.17) is 4.98 Å². The van der Waals surface area contributed by atoms with Crippen LogP contribution >= 0.6 is 0 Å². The molecule has 1 fully saturated rings. The number of rotatable bonds is 7. The fraction of sp³-hybridized carbons (Fsp3) is 0.435. The number of sulfonamides is 1. The van der Waals surface area contributed by atoms with Crippen LogP contribution in [0, 0.1) is 5.41 Å². The van der Waals surface area contributed by atoms with Crippen LogP contribution in [0.3, 0.4) is 0 Å². The maximum Gasteiger partial charge on any atom is 0.232 e. The van der Waals surface area contributed by atoms with Crippen molar-refractivity contribution in [3.05, 3.63) is 42.2 Å². The van der Waals surface area contributed by atoms with Gasteiger partial charge >= 0.3 is 0 Å². The highest BCUT2D eigenvalue weighted by Gasteiger charge is 2.28. The van der Waals surface area contributed by atoms with Crippen LogP contribution < -0.4 is 9.62 Å². The van der Waals surface area contributed by atoms with E-state index < -0.39 is 15.4 Å². The molecule has 8 nitrogen and oxygen atoms in total. The SMILES string of the molecule is CC(C)(C=O)Cc1c[nH]c2ncc(-c3cccc(N(C4CCNCC4)S(C)(=O)=O)c3)nc12. The quantitative estimate of drug-likeness (QED) is 0.531. The fourth-order valence-corrected chi connectivity index (χ4v) is 5.51. The third-order valence-electron chi connectivity index (χ3n) is 5.82. The number of hydrogen-bond donors (Lipinski definition) is 2. The molecule has 0 amide bonds. The Labute approximate surface area is 188 Å². The van der Waals surface area contributed by atoms with Crippen LogP contribution in [0.15, 0.2) is 36.7 Å². The van der Waals surface area contributed by atoms with Crippen LogP contribution in [-0.4, -0.2) is 55.0 Å². The van der Waals surface area contributed by atoms with Crippen molar-refractivity contribution in [3.8, 4) is 11.3 Å². The maximum atomic E-state index is 12.7. The second-order valence-corrected chi connectivity index (χ2v) is 11.0. The molecule has 2 N–H and O–H groups in total. The number of H-pyrrole nitrogens is 1. The van der Waals surface area contributed by atoms with Crippen LogP contribution in [0.25, 0.3) is 22.4 Å². The minimum atomic E-state index is -3.44. The summed E-state index contributed by atoms with van der Waals surface area (Å²) < 4.78 is 26.9. The number of piperidine rings is 1. The Morgan fingerprint density at radius 3 is 2.69 bits per heavy atom. The Hall–Kier alpha value is -2.78. The molecule has 0 saturated carbocycles. The molecule has 0 aliphatic carbocycles. The second kappa shape index (κ2) is 8.63. The van der Waals surface area contributed by atoms with Crippen LogP contribution in [0.2, 0.25) is 0 Å². The first-order valence-electron chi connectivity index (χ1n) is 10.8. The monoisotopic (exact) mass is 455 g/mol. The smallest absolute Gasteiger partial charge is 0.232 e. The van der Waals surface area contributed by atoms with E-state index in [2.05, 4.69) is 15.3 Å². The van der Waals surface area contributed by atoms with Crippen molar-refractivity contribution in [3.63, 3.8) is 0 Å². The Morgan fingerprint density at radius 1 is 1.25 bits per heavy atom. The summed E-state index contributed by atoms with van der Waals surface area (Å²) in [5.41, 5.74) is 3.89. The average Bonchev–Trinajstić information content (AvgIpc) is 3.15. The molecule has 0 spiro atoms. The van der Waals surface area contributed by atoms with Crippen LogP contribution in [-0.2, 0) is 21.2 Å². The van der Waals surface area contributed by atoms with Crippen LogP contribution in [0.1, 0.15) is 32.3 Å². The zero-order valence-electron chi connectivity index (χ0n) is 18.6. The molecule has 9 heteroatoms. The van der Waals surface area contributed by atoms with Gasteiger partial charge in [-0.05, 0) is 50.0 Å². The van der Waals surface area contributed by atoms with Crippen molar-refractivity contribution >= 4 is 33.2 Å². The molecular weight excluding hydrogens is 426 g/mol. The van der Waals surface area contributed by atoms with E-state index >= 15 is 0 Å². The van der Waals surface area contributed by atoms with E-state index in [0.717, 1.165) is 48.9 Å². The van der Waals surface area contributed by atoms with Crippen molar-refractivity contribution in [2.75, 3.05) is 23.7 Å². The summed E-state index contributed by atoms with van der Waals surface area (Å²) in [5, 5.41) is 3.29. The number of benzene rings is 1. The lowest BCUT2D eigenvalue weighted by Crippen LogP contribution is -2.46. The van der Waals surface area contributed by atoms with Crippen molar-refractivity contribution in [1.29, 1.82) is 0 Å². The number of nitrogens with zero attached hydrogens (tertiary/aromatic N) is 3. The number of aromatic nitrogens is 3. The highest BCUT2D eigenvalue weighted by molar-refractivity contribution is 7.92. The molecule has 1 aromatic carbocycles. The van der Waals surface area contributed by atoms with Crippen molar-refractivity contribution in [2.45, 2.75) is 39.2 Å². The lowest BCUT2D eigenvalue weighted by atomic mass is 9.88. The Balaban J connectivity index is 1.73.